The molecule has 2 aromatic carbocycles. The minimum Gasteiger partial charge on any atom is -0.497 e. The lowest BCUT2D eigenvalue weighted by Gasteiger charge is -2.04. The van der Waals surface area contributed by atoms with E-state index in [0.717, 1.165) is 11.3 Å². The van der Waals surface area contributed by atoms with Crippen molar-refractivity contribution in [2.24, 2.45) is 0 Å². The summed E-state index contributed by atoms with van der Waals surface area (Å²) >= 11 is 5.91. The zero-order valence-electron chi connectivity index (χ0n) is 12.2. The van der Waals surface area contributed by atoms with E-state index in [2.05, 4.69) is 5.32 Å². The third-order valence-corrected chi connectivity index (χ3v) is 3.28. The number of hydrogen-bond acceptors (Lipinski definition) is 4. The van der Waals surface area contributed by atoms with Crippen LogP contribution in [0.2, 0.25) is 5.02 Å². The van der Waals surface area contributed by atoms with Crippen LogP contribution in [0.15, 0.2) is 48.5 Å². The van der Waals surface area contributed by atoms with Crippen LogP contribution in [0.3, 0.4) is 0 Å². The zero-order chi connectivity index (χ0) is 16.8. The quantitative estimate of drug-likeness (QED) is 0.511. The summed E-state index contributed by atoms with van der Waals surface area (Å²) in [5.41, 5.74) is 0.999. The third kappa shape index (κ3) is 4.55. The molecule has 0 atom stereocenters. The molecule has 1 amide bonds. The number of non-ortho nitro benzene ring substituents is 1. The van der Waals surface area contributed by atoms with Crippen LogP contribution in [0.5, 0.6) is 5.75 Å². The van der Waals surface area contributed by atoms with Crippen molar-refractivity contribution < 1.29 is 14.5 Å². The number of ether oxygens (including phenoxy) is 1. The Morgan fingerprint density at radius 3 is 2.52 bits per heavy atom. The molecule has 0 heterocycles. The van der Waals surface area contributed by atoms with Gasteiger partial charge in [0, 0.05) is 18.2 Å². The molecule has 0 aliphatic rings. The maximum absolute atomic E-state index is 11.9. The normalized spacial score (nSPS) is 10.5. The average Bonchev–Trinajstić information content (AvgIpc) is 2.55. The van der Waals surface area contributed by atoms with Gasteiger partial charge in [-0.2, -0.15) is 0 Å². The number of amides is 1. The van der Waals surface area contributed by atoms with Crippen molar-refractivity contribution in [3.8, 4) is 5.75 Å². The van der Waals surface area contributed by atoms with Crippen molar-refractivity contribution in [3.05, 3.63) is 69.2 Å². The molecule has 0 saturated carbocycles. The lowest BCUT2D eigenvalue weighted by atomic mass is 10.2. The van der Waals surface area contributed by atoms with Crippen LogP contribution in [-0.2, 0) is 4.79 Å². The van der Waals surface area contributed by atoms with Crippen molar-refractivity contribution >= 4 is 35.0 Å². The smallest absolute Gasteiger partial charge is 0.271 e. The van der Waals surface area contributed by atoms with Gasteiger partial charge in [-0.25, -0.2) is 0 Å². The van der Waals surface area contributed by atoms with Gasteiger partial charge in [0.1, 0.15) is 5.75 Å². The summed E-state index contributed by atoms with van der Waals surface area (Å²) in [5, 5.41) is 13.3. The molecule has 0 unspecified atom stereocenters. The van der Waals surface area contributed by atoms with Gasteiger partial charge in [0.25, 0.3) is 5.69 Å². The molecule has 118 valence electrons. The predicted octanol–water partition coefficient (Wildman–Crippen LogP) is 3.91. The van der Waals surface area contributed by atoms with Gasteiger partial charge >= 0.3 is 0 Å². The molecule has 1 N–H and O–H groups in total. The van der Waals surface area contributed by atoms with E-state index in [-0.39, 0.29) is 10.7 Å². The van der Waals surface area contributed by atoms with Crippen LogP contribution < -0.4 is 10.1 Å². The molecular formula is C16H13ClN2O4. The first kappa shape index (κ1) is 16.5. The molecule has 2 rings (SSSR count). The van der Waals surface area contributed by atoms with Crippen LogP contribution in [0.1, 0.15) is 5.56 Å². The molecule has 0 fully saturated rings. The Kier molecular flexibility index (Phi) is 5.32. The SMILES string of the molecule is COc1ccc(/C=C/C(=O)Nc2ccc([N+](=O)[O-])cc2Cl)cc1. The van der Waals surface area contributed by atoms with E-state index in [0.29, 0.717) is 5.69 Å². The summed E-state index contributed by atoms with van der Waals surface area (Å²) in [6.07, 6.45) is 2.98. The van der Waals surface area contributed by atoms with Gasteiger partial charge in [-0.3, -0.25) is 14.9 Å². The number of anilines is 1. The van der Waals surface area contributed by atoms with Gasteiger partial charge in [0.05, 0.1) is 22.7 Å². The minimum atomic E-state index is -0.555. The molecule has 0 aliphatic carbocycles. The van der Waals surface area contributed by atoms with E-state index in [1.54, 1.807) is 25.3 Å². The molecular weight excluding hydrogens is 320 g/mol. The minimum absolute atomic E-state index is 0.102. The Labute approximate surface area is 137 Å². The molecule has 23 heavy (non-hydrogen) atoms. The number of methoxy groups -OCH3 is 1. The number of carbonyl (C=O) groups is 1. The monoisotopic (exact) mass is 332 g/mol. The summed E-state index contributed by atoms with van der Waals surface area (Å²) < 4.78 is 5.05. The van der Waals surface area contributed by atoms with Crippen LogP contribution in [0.25, 0.3) is 6.08 Å². The van der Waals surface area contributed by atoms with Crippen molar-refractivity contribution in [2.75, 3.05) is 12.4 Å². The Hall–Kier alpha value is -2.86. The molecule has 0 bridgehead atoms. The van der Waals surface area contributed by atoms with Gasteiger partial charge in [0.2, 0.25) is 5.91 Å². The van der Waals surface area contributed by atoms with Crippen LogP contribution >= 0.6 is 11.6 Å². The molecule has 6 nitrogen and oxygen atoms in total. The van der Waals surface area contributed by atoms with E-state index in [9.17, 15) is 14.9 Å². The Bertz CT molecular complexity index is 757. The number of benzene rings is 2. The molecule has 2 aromatic rings. The molecule has 0 spiro atoms. The van der Waals surface area contributed by atoms with Gasteiger partial charge < -0.3 is 10.1 Å². The fraction of sp³-hybridized carbons (Fsp3) is 0.0625. The molecule has 0 aliphatic heterocycles. The maximum atomic E-state index is 11.9. The fourth-order valence-corrected chi connectivity index (χ4v) is 2.00. The Morgan fingerprint density at radius 2 is 1.96 bits per heavy atom. The average molecular weight is 333 g/mol. The number of carbonyl (C=O) groups excluding carboxylic acids is 1. The molecule has 0 aromatic heterocycles. The van der Waals surface area contributed by atoms with Crippen molar-refractivity contribution in [3.63, 3.8) is 0 Å². The topological polar surface area (TPSA) is 81.5 Å². The lowest BCUT2D eigenvalue weighted by molar-refractivity contribution is -0.384. The summed E-state index contributed by atoms with van der Waals surface area (Å²) in [4.78, 5) is 21.9. The largest absolute Gasteiger partial charge is 0.497 e. The van der Waals surface area contributed by atoms with E-state index >= 15 is 0 Å². The van der Waals surface area contributed by atoms with Crippen molar-refractivity contribution in [2.45, 2.75) is 0 Å². The van der Waals surface area contributed by atoms with Crippen LogP contribution in [-0.4, -0.2) is 17.9 Å². The molecule has 7 heteroatoms. The highest BCUT2D eigenvalue weighted by molar-refractivity contribution is 6.34. The number of nitro benzene ring substituents is 1. The van der Waals surface area contributed by atoms with Gasteiger partial charge in [-0.05, 0) is 29.8 Å². The van der Waals surface area contributed by atoms with Crippen LogP contribution in [0.4, 0.5) is 11.4 Å². The van der Waals surface area contributed by atoms with Crippen molar-refractivity contribution in [1.82, 2.24) is 0 Å². The second-order valence-electron chi connectivity index (χ2n) is 4.52. The van der Waals surface area contributed by atoms with E-state index in [1.165, 1.54) is 24.3 Å². The molecule has 0 radical (unpaired) electrons. The van der Waals surface area contributed by atoms with E-state index in [1.807, 2.05) is 12.1 Å². The maximum Gasteiger partial charge on any atom is 0.271 e. The fourth-order valence-electron chi connectivity index (χ4n) is 1.78. The van der Waals surface area contributed by atoms with Gasteiger partial charge in [0.15, 0.2) is 0 Å². The number of rotatable bonds is 5. The second-order valence-corrected chi connectivity index (χ2v) is 4.92. The zero-order valence-corrected chi connectivity index (χ0v) is 12.9. The van der Waals surface area contributed by atoms with E-state index < -0.39 is 10.8 Å². The third-order valence-electron chi connectivity index (χ3n) is 2.96. The summed E-state index contributed by atoms with van der Waals surface area (Å²) in [6.45, 7) is 0. The number of hydrogen-bond donors (Lipinski definition) is 1. The second kappa shape index (κ2) is 7.42. The lowest BCUT2D eigenvalue weighted by Crippen LogP contribution is -2.08. The first-order valence-electron chi connectivity index (χ1n) is 6.56. The Morgan fingerprint density at radius 1 is 1.26 bits per heavy atom. The number of nitrogens with one attached hydrogen (secondary N) is 1. The highest BCUT2D eigenvalue weighted by Crippen LogP contribution is 2.26. The highest BCUT2D eigenvalue weighted by atomic mass is 35.5. The first-order valence-corrected chi connectivity index (χ1v) is 6.94. The highest BCUT2D eigenvalue weighted by Gasteiger charge is 2.10. The predicted molar refractivity (Wildman–Crippen MR) is 88.8 cm³/mol. The summed E-state index contributed by atoms with van der Waals surface area (Å²) in [5.74, 6) is 0.334. The van der Waals surface area contributed by atoms with Gasteiger partial charge in [-0.15, -0.1) is 0 Å². The first-order chi connectivity index (χ1) is 11.0. The standard InChI is InChI=1S/C16H13ClN2O4/c1-23-13-6-2-11(3-7-13)4-9-16(20)18-15-8-5-12(19(21)22)10-14(15)17/h2-10H,1H3,(H,18,20)/b9-4+. The summed E-state index contributed by atoms with van der Waals surface area (Å²) in [6, 6.07) is 11.0. The molecule has 0 saturated heterocycles. The van der Waals surface area contributed by atoms with E-state index in [4.69, 9.17) is 16.3 Å². The Balaban J connectivity index is 2.04. The van der Waals surface area contributed by atoms with Gasteiger partial charge in [-0.1, -0.05) is 23.7 Å². The summed E-state index contributed by atoms with van der Waals surface area (Å²) in [7, 11) is 1.58. The number of nitro groups is 1. The number of nitrogens with zero attached hydrogens (tertiary/aromatic N) is 1. The van der Waals surface area contributed by atoms with Crippen molar-refractivity contribution in [1.29, 1.82) is 0 Å². The van der Waals surface area contributed by atoms with Crippen LogP contribution in [0, 0.1) is 10.1 Å². The number of halogens is 1.